The van der Waals surface area contributed by atoms with E-state index >= 15 is 0 Å². The van der Waals surface area contributed by atoms with Crippen LogP contribution in [0.15, 0.2) is 66.4 Å². The zero-order chi connectivity index (χ0) is 16.4. The van der Waals surface area contributed by atoms with Gasteiger partial charge < -0.3 is 5.32 Å². The molecule has 118 valence electrons. The molecule has 0 aliphatic carbocycles. The highest BCUT2D eigenvalue weighted by molar-refractivity contribution is 7.10. The Kier molecular flexibility index (Phi) is 3.80. The fourth-order valence-electron chi connectivity index (χ4n) is 2.50. The summed E-state index contributed by atoms with van der Waals surface area (Å²) in [5.74, 6) is 0.630. The first-order chi connectivity index (χ1) is 11.8. The SMILES string of the molecule is O=C(Cc1cccs1)Nc1cccc(-c2cn3cccnc3n2)c1. The number of imidazole rings is 1. The van der Waals surface area contributed by atoms with Crippen LogP contribution < -0.4 is 5.32 Å². The number of nitrogens with one attached hydrogen (secondary N) is 1. The van der Waals surface area contributed by atoms with Crippen molar-refractivity contribution in [1.82, 2.24) is 14.4 Å². The lowest BCUT2D eigenvalue weighted by Crippen LogP contribution is -2.13. The van der Waals surface area contributed by atoms with Gasteiger partial charge in [-0.1, -0.05) is 18.2 Å². The van der Waals surface area contributed by atoms with Gasteiger partial charge in [0.1, 0.15) is 0 Å². The minimum Gasteiger partial charge on any atom is -0.326 e. The van der Waals surface area contributed by atoms with E-state index in [-0.39, 0.29) is 5.91 Å². The lowest BCUT2D eigenvalue weighted by Gasteiger charge is -2.06. The van der Waals surface area contributed by atoms with Gasteiger partial charge in [-0.2, -0.15) is 0 Å². The van der Waals surface area contributed by atoms with Crippen molar-refractivity contribution in [2.45, 2.75) is 6.42 Å². The number of hydrogen-bond acceptors (Lipinski definition) is 4. The summed E-state index contributed by atoms with van der Waals surface area (Å²) in [6, 6.07) is 13.5. The molecule has 3 aromatic heterocycles. The first-order valence-electron chi connectivity index (χ1n) is 7.50. The Labute approximate surface area is 142 Å². The Bertz CT molecular complexity index is 958. The third-order valence-corrected chi connectivity index (χ3v) is 4.47. The Morgan fingerprint density at radius 2 is 2.17 bits per heavy atom. The van der Waals surface area contributed by atoms with Crippen LogP contribution in [-0.4, -0.2) is 20.3 Å². The molecule has 6 heteroatoms. The van der Waals surface area contributed by atoms with Crippen molar-refractivity contribution in [3.05, 3.63) is 71.3 Å². The zero-order valence-corrected chi connectivity index (χ0v) is 13.5. The van der Waals surface area contributed by atoms with E-state index < -0.39 is 0 Å². The van der Waals surface area contributed by atoms with Crippen LogP contribution in [0.5, 0.6) is 0 Å². The summed E-state index contributed by atoms with van der Waals surface area (Å²) in [7, 11) is 0. The molecule has 0 atom stereocenters. The Morgan fingerprint density at radius 1 is 1.21 bits per heavy atom. The van der Waals surface area contributed by atoms with Crippen molar-refractivity contribution in [1.29, 1.82) is 0 Å². The number of aromatic nitrogens is 3. The molecule has 0 fully saturated rings. The summed E-state index contributed by atoms with van der Waals surface area (Å²) in [6.45, 7) is 0. The summed E-state index contributed by atoms with van der Waals surface area (Å²) in [5.41, 5.74) is 2.52. The van der Waals surface area contributed by atoms with E-state index in [0.717, 1.165) is 21.8 Å². The van der Waals surface area contributed by atoms with E-state index in [1.807, 2.05) is 64.6 Å². The van der Waals surface area contributed by atoms with Crippen LogP contribution >= 0.6 is 11.3 Å². The quantitative estimate of drug-likeness (QED) is 0.620. The van der Waals surface area contributed by atoms with Crippen LogP contribution in [0.2, 0.25) is 0 Å². The van der Waals surface area contributed by atoms with Crippen LogP contribution in [0.25, 0.3) is 17.0 Å². The van der Waals surface area contributed by atoms with Crippen LogP contribution in [0.1, 0.15) is 4.88 Å². The van der Waals surface area contributed by atoms with Crippen molar-refractivity contribution in [2.75, 3.05) is 5.32 Å². The van der Waals surface area contributed by atoms with Crippen LogP contribution in [0, 0.1) is 0 Å². The molecular formula is C18H14N4OS. The highest BCUT2D eigenvalue weighted by atomic mass is 32.1. The van der Waals surface area contributed by atoms with Gasteiger partial charge in [-0.25, -0.2) is 9.97 Å². The molecule has 0 bridgehead atoms. The van der Waals surface area contributed by atoms with Gasteiger partial charge in [-0.15, -0.1) is 11.3 Å². The predicted octanol–water partition coefficient (Wildman–Crippen LogP) is 3.64. The average molecular weight is 334 g/mol. The third-order valence-electron chi connectivity index (χ3n) is 3.59. The molecule has 5 nitrogen and oxygen atoms in total. The molecule has 1 aromatic carbocycles. The van der Waals surface area contributed by atoms with Crippen molar-refractivity contribution in [3.8, 4) is 11.3 Å². The van der Waals surface area contributed by atoms with Gasteiger partial charge in [0.2, 0.25) is 11.7 Å². The van der Waals surface area contributed by atoms with Gasteiger partial charge in [-0.3, -0.25) is 9.20 Å². The van der Waals surface area contributed by atoms with E-state index in [1.165, 1.54) is 0 Å². The lowest BCUT2D eigenvalue weighted by atomic mass is 10.1. The summed E-state index contributed by atoms with van der Waals surface area (Å²) >= 11 is 1.58. The van der Waals surface area contributed by atoms with Crippen LogP contribution in [-0.2, 0) is 11.2 Å². The molecule has 0 radical (unpaired) electrons. The van der Waals surface area contributed by atoms with E-state index in [2.05, 4.69) is 15.3 Å². The van der Waals surface area contributed by atoms with Gasteiger partial charge in [-0.05, 0) is 29.6 Å². The molecule has 4 aromatic rings. The number of amides is 1. The maximum Gasteiger partial charge on any atom is 0.234 e. The number of hydrogen-bond donors (Lipinski definition) is 1. The summed E-state index contributed by atoms with van der Waals surface area (Å²) < 4.78 is 1.87. The second kappa shape index (κ2) is 6.25. The number of nitrogens with zero attached hydrogens (tertiary/aromatic N) is 3. The van der Waals surface area contributed by atoms with Crippen molar-refractivity contribution >= 4 is 28.7 Å². The van der Waals surface area contributed by atoms with Gasteiger partial charge in [0.05, 0.1) is 12.1 Å². The number of fused-ring (bicyclic) bond motifs is 1. The molecular weight excluding hydrogens is 320 g/mol. The standard InChI is InChI=1S/C18H14N4OS/c23-17(11-15-6-2-9-24-15)20-14-5-1-4-13(10-14)16-12-22-8-3-7-19-18(22)21-16/h1-10,12H,11H2,(H,20,23). The first kappa shape index (κ1) is 14.6. The zero-order valence-electron chi connectivity index (χ0n) is 12.7. The van der Waals surface area contributed by atoms with E-state index in [1.54, 1.807) is 17.5 Å². The van der Waals surface area contributed by atoms with Crippen LogP contribution in [0.4, 0.5) is 5.69 Å². The molecule has 0 spiro atoms. The number of carbonyl (C=O) groups excluding carboxylic acids is 1. The van der Waals surface area contributed by atoms with Crippen LogP contribution in [0.3, 0.4) is 0 Å². The number of rotatable bonds is 4. The van der Waals surface area contributed by atoms with E-state index in [0.29, 0.717) is 12.2 Å². The largest absolute Gasteiger partial charge is 0.326 e. The second-order valence-corrected chi connectivity index (χ2v) is 6.37. The molecule has 24 heavy (non-hydrogen) atoms. The maximum absolute atomic E-state index is 12.1. The van der Waals surface area contributed by atoms with Gasteiger partial charge in [0, 0.05) is 34.7 Å². The monoisotopic (exact) mass is 334 g/mol. The van der Waals surface area contributed by atoms with Crippen molar-refractivity contribution < 1.29 is 4.79 Å². The lowest BCUT2D eigenvalue weighted by molar-refractivity contribution is -0.115. The molecule has 0 unspecified atom stereocenters. The molecule has 4 rings (SSSR count). The van der Waals surface area contributed by atoms with Gasteiger partial charge >= 0.3 is 0 Å². The molecule has 0 aliphatic heterocycles. The molecule has 0 aliphatic rings. The Morgan fingerprint density at radius 3 is 3.00 bits per heavy atom. The fraction of sp³-hybridized carbons (Fsp3) is 0.0556. The number of anilines is 1. The third kappa shape index (κ3) is 3.04. The average Bonchev–Trinajstić information content (AvgIpc) is 3.24. The minimum absolute atomic E-state index is 0.0220. The minimum atomic E-state index is -0.0220. The number of thiophene rings is 1. The van der Waals surface area contributed by atoms with Gasteiger partial charge in [0.15, 0.2) is 0 Å². The number of benzene rings is 1. The Hall–Kier alpha value is -2.99. The predicted molar refractivity (Wildman–Crippen MR) is 95.1 cm³/mol. The van der Waals surface area contributed by atoms with Crippen molar-refractivity contribution in [3.63, 3.8) is 0 Å². The fourth-order valence-corrected chi connectivity index (χ4v) is 3.21. The first-order valence-corrected chi connectivity index (χ1v) is 8.38. The summed E-state index contributed by atoms with van der Waals surface area (Å²) in [5, 5.41) is 4.91. The maximum atomic E-state index is 12.1. The number of carbonyl (C=O) groups is 1. The summed E-state index contributed by atoms with van der Waals surface area (Å²) in [4.78, 5) is 21.9. The molecule has 1 amide bonds. The highest BCUT2D eigenvalue weighted by Crippen LogP contribution is 2.22. The van der Waals surface area contributed by atoms with Crippen molar-refractivity contribution in [2.24, 2.45) is 0 Å². The second-order valence-electron chi connectivity index (χ2n) is 5.34. The van der Waals surface area contributed by atoms with E-state index in [9.17, 15) is 4.79 Å². The Balaban J connectivity index is 1.55. The normalized spacial score (nSPS) is 10.8. The molecule has 0 saturated carbocycles. The highest BCUT2D eigenvalue weighted by Gasteiger charge is 2.08. The smallest absolute Gasteiger partial charge is 0.234 e. The van der Waals surface area contributed by atoms with E-state index in [4.69, 9.17) is 0 Å². The molecule has 1 N–H and O–H groups in total. The van der Waals surface area contributed by atoms with Gasteiger partial charge in [0.25, 0.3) is 0 Å². The topological polar surface area (TPSA) is 59.3 Å². The summed E-state index contributed by atoms with van der Waals surface area (Å²) in [6.07, 6.45) is 5.94. The molecule has 0 saturated heterocycles. The molecule has 3 heterocycles.